The van der Waals surface area contributed by atoms with Crippen molar-refractivity contribution in [1.29, 1.82) is 0 Å². The summed E-state index contributed by atoms with van der Waals surface area (Å²) in [5.41, 5.74) is 1.79. The van der Waals surface area contributed by atoms with Gasteiger partial charge in [-0.25, -0.2) is 0 Å². The van der Waals surface area contributed by atoms with Crippen LogP contribution in [0, 0.1) is 0 Å². The van der Waals surface area contributed by atoms with Crippen molar-refractivity contribution in [1.82, 2.24) is 15.2 Å². The third-order valence-electron chi connectivity index (χ3n) is 4.03. The summed E-state index contributed by atoms with van der Waals surface area (Å²) in [6, 6.07) is 10.7. The number of benzene rings is 1. The summed E-state index contributed by atoms with van der Waals surface area (Å²) >= 11 is 5.95. The number of halogens is 1. The predicted octanol–water partition coefficient (Wildman–Crippen LogP) is 2.56. The number of aromatic nitrogens is 1. The Morgan fingerprint density at radius 3 is 2.67 bits per heavy atom. The first-order valence-corrected chi connectivity index (χ1v) is 8.24. The fourth-order valence-electron chi connectivity index (χ4n) is 2.81. The molecule has 2 aromatic rings. The van der Waals surface area contributed by atoms with Gasteiger partial charge in [-0.2, -0.15) is 0 Å². The molecule has 1 aromatic carbocycles. The molecule has 1 atom stereocenters. The molecule has 2 heterocycles. The second-order valence-electron chi connectivity index (χ2n) is 5.76. The first-order chi connectivity index (χ1) is 11.6. The van der Waals surface area contributed by atoms with E-state index in [1.807, 2.05) is 24.3 Å². The maximum Gasteiger partial charge on any atom is 0.240 e. The van der Waals surface area contributed by atoms with Crippen molar-refractivity contribution in [2.24, 2.45) is 0 Å². The molecule has 0 unspecified atom stereocenters. The zero-order valence-electron chi connectivity index (χ0n) is 13.1. The number of hydrogen-bond acceptors (Lipinski definition) is 3. The van der Waals surface area contributed by atoms with Crippen molar-refractivity contribution in [2.45, 2.75) is 18.9 Å². The Kier molecular flexibility index (Phi) is 5.11. The van der Waals surface area contributed by atoms with Crippen LogP contribution in [-0.2, 0) is 9.59 Å². The topological polar surface area (TPSA) is 62.3 Å². The first-order valence-electron chi connectivity index (χ1n) is 7.86. The van der Waals surface area contributed by atoms with Gasteiger partial charge in [-0.1, -0.05) is 29.8 Å². The molecular weight excluding hydrogens is 326 g/mol. The van der Waals surface area contributed by atoms with Crippen LogP contribution in [0.1, 0.15) is 30.0 Å². The van der Waals surface area contributed by atoms with Crippen LogP contribution >= 0.6 is 11.6 Å². The maximum absolute atomic E-state index is 12.4. The van der Waals surface area contributed by atoms with Gasteiger partial charge < -0.3 is 10.2 Å². The SMILES string of the molecule is O=C(CN1CCCC1=O)N[C@@H](c1ccc(Cl)cc1)c1cccnc1. The van der Waals surface area contributed by atoms with Crippen molar-refractivity contribution in [2.75, 3.05) is 13.1 Å². The van der Waals surface area contributed by atoms with Gasteiger partial charge in [0.15, 0.2) is 0 Å². The van der Waals surface area contributed by atoms with E-state index in [0.717, 1.165) is 17.5 Å². The number of likely N-dealkylation sites (tertiary alicyclic amines) is 1. The second kappa shape index (κ2) is 7.45. The van der Waals surface area contributed by atoms with E-state index in [4.69, 9.17) is 11.6 Å². The molecule has 124 valence electrons. The molecule has 0 saturated carbocycles. The number of hydrogen-bond donors (Lipinski definition) is 1. The minimum atomic E-state index is -0.332. The number of nitrogens with zero attached hydrogens (tertiary/aromatic N) is 2. The Morgan fingerprint density at radius 2 is 2.04 bits per heavy atom. The second-order valence-corrected chi connectivity index (χ2v) is 6.19. The number of rotatable bonds is 5. The van der Waals surface area contributed by atoms with Gasteiger partial charge in [0.1, 0.15) is 0 Å². The van der Waals surface area contributed by atoms with Crippen LogP contribution in [0.25, 0.3) is 0 Å². The molecular formula is C18H18ClN3O2. The zero-order chi connectivity index (χ0) is 16.9. The Balaban J connectivity index is 1.78. The third-order valence-corrected chi connectivity index (χ3v) is 4.28. The lowest BCUT2D eigenvalue weighted by atomic mass is 10.00. The Labute approximate surface area is 145 Å². The van der Waals surface area contributed by atoms with Gasteiger partial charge in [-0.05, 0) is 35.7 Å². The molecule has 6 heteroatoms. The number of amides is 2. The number of nitrogens with one attached hydrogen (secondary N) is 1. The summed E-state index contributed by atoms with van der Waals surface area (Å²) < 4.78 is 0. The van der Waals surface area contributed by atoms with Crippen molar-refractivity contribution in [3.63, 3.8) is 0 Å². The van der Waals surface area contributed by atoms with Crippen molar-refractivity contribution < 1.29 is 9.59 Å². The summed E-state index contributed by atoms with van der Waals surface area (Å²) in [4.78, 5) is 29.8. The zero-order valence-corrected chi connectivity index (χ0v) is 13.9. The van der Waals surface area contributed by atoms with Gasteiger partial charge in [0, 0.05) is 30.4 Å². The molecule has 0 aliphatic carbocycles. The first kappa shape index (κ1) is 16.5. The molecule has 1 aliphatic heterocycles. The molecule has 0 radical (unpaired) electrons. The van der Waals surface area contributed by atoms with Gasteiger partial charge in [0.2, 0.25) is 11.8 Å². The number of carbonyl (C=O) groups is 2. The minimum absolute atomic E-state index is 0.0366. The van der Waals surface area contributed by atoms with Gasteiger partial charge in [0.25, 0.3) is 0 Å². The van der Waals surface area contributed by atoms with E-state index in [0.29, 0.717) is 18.0 Å². The van der Waals surface area contributed by atoms with Crippen LogP contribution in [0.2, 0.25) is 5.02 Å². The molecule has 3 rings (SSSR count). The van der Waals surface area contributed by atoms with Crippen molar-refractivity contribution in [3.8, 4) is 0 Å². The molecule has 1 aromatic heterocycles. The van der Waals surface area contributed by atoms with Crippen molar-refractivity contribution >= 4 is 23.4 Å². The predicted molar refractivity (Wildman–Crippen MR) is 91.5 cm³/mol. The highest BCUT2D eigenvalue weighted by Gasteiger charge is 2.24. The molecule has 1 fully saturated rings. The summed E-state index contributed by atoms with van der Waals surface area (Å²) in [5, 5.41) is 3.64. The lowest BCUT2D eigenvalue weighted by Gasteiger charge is -2.22. The van der Waals surface area contributed by atoms with Gasteiger partial charge in [0.05, 0.1) is 12.6 Å². The highest BCUT2D eigenvalue weighted by atomic mass is 35.5. The van der Waals surface area contributed by atoms with E-state index >= 15 is 0 Å². The molecule has 24 heavy (non-hydrogen) atoms. The molecule has 2 amide bonds. The van der Waals surface area contributed by atoms with Gasteiger partial charge in [-0.3, -0.25) is 14.6 Å². The maximum atomic E-state index is 12.4. The van der Waals surface area contributed by atoms with Crippen LogP contribution in [0.15, 0.2) is 48.8 Å². The van der Waals surface area contributed by atoms with Crippen LogP contribution < -0.4 is 5.32 Å². The normalized spacial score (nSPS) is 15.4. The standard InChI is InChI=1S/C18H18ClN3O2/c19-15-7-5-13(6-8-15)18(14-3-1-9-20-11-14)21-16(23)12-22-10-2-4-17(22)24/h1,3,5-9,11,18H,2,4,10,12H2,(H,21,23)/t18-/m0/s1. The average Bonchev–Trinajstić information content (AvgIpc) is 2.99. The Morgan fingerprint density at radius 1 is 1.25 bits per heavy atom. The molecule has 5 nitrogen and oxygen atoms in total. The van der Waals surface area contributed by atoms with E-state index in [-0.39, 0.29) is 24.4 Å². The summed E-state index contributed by atoms with van der Waals surface area (Å²) in [6.45, 7) is 0.730. The van der Waals surface area contributed by atoms with Crippen LogP contribution in [0.4, 0.5) is 0 Å². The quantitative estimate of drug-likeness (QED) is 0.907. The smallest absolute Gasteiger partial charge is 0.240 e. The van der Waals surface area contributed by atoms with Gasteiger partial charge >= 0.3 is 0 Å². The van der Waals surface area contributed by atoms with Crippen LogP contribution in [-0.4, -0.2) is 34.8 Å². The highest BCUT2D eigenvalue weighted by Crippen LogP contribution is 2.23. The van der Waals surface area contributed by atoms with E-state index in [1.165, 1.54) is 0 Å². The summed E-state index contributed by atoms with van der Waals surface area (Å²) in [7, 11) is 0. The van der Waals surface area contributed by atoms with Crippen LogP contribution in [0.5, 0.6) is 0 Å². The largest absolute Gasteiger partial charge is 0.344 e. The lowest BCUT2D eigenvalue weighted by molar-refractivity contribution is -0.133. The van der Waals surface area contributed by atoms with Gasteiger partial charge in [-0.15, -0.1) is 0 Å². The van der Waals surface area contributed by atoms with Crippen LogP contribution in [0.3, 0.4) is 0 Å². The summed E-state index contributed by atoms with van der Waals surface area (Å²) in [5.74, 6) is -0.149. The molecule has 0 bridgehead atoms. The van der Waals surface area contributed by atoms with E-state index in [9.17, 15) is 9.59 Å². The summed E-state index contributed by atoms with van der Waals surface area (Å²) in [6.07, 6.45) is 4.75. The van der Waals surface area contributed by atoms with E-state index in [2.05, 4.69) is 10.3 Å². The monoisotopic (exact) mass is 343 g/mol. The Bertz CT molecular complexity index is 719. The van der Waals surface area contributed by atoms with Crippen molar-refractivity contribution in [3.05, 3.63) is 64.9 Å². The molecule has 1 aliphatic rings. The molecule has 1 N–H and O–H groups in total. The number of carbonyl (C=O) groups excluding carboxylic acids is 2. The minimum Gasteiger partial charge on any atom is -0.344 e. The lowest BCUT2D eigenvalue weighted by Crippen LogP contribution is -2.39. The highest BCUT2D eigenvalue weighted by molar-refractivity contribution is 6.30. The number of pyridine rings is 1. The Hall–Kier alpha value is -2.40. The fourth-order valence-corrected chi connectivity index (χ4v) is 2.94. The van der Waals surface area contributed by atoms with E-state index < -0.39 is 0 Å². The van der Waals surface area contributed by atoms with E-state index in [1.54, 1.807) is 29.4 Å². The molecule has 1 saturated heterocycles. The third kappa shape index (κ3) is 3.92. The average molecular weight is 344 g/mol. The fraction of sp³-hybridized carbons (Fsp3) is 0.278. The molecule has 0 spiro atoms.